The van der Waals surface area contributed by atoms with Crippen LogP contribution in [0.3, 0.4) is 0 Å². The molecule has 0 radical (unpaired) electrons. The number of benzene rings is 1. The third kappa shape index (κ3) is 5.36. The molecule has 2 N–H and O–H groups in total. The van der Waals surface area contributed by atoms with E-state index >= 15 is 0 Å². The van der Waals surface area contributed by atoms with E-state index in [1.165, 1.54) is 4.90 Å². The summed E-state index contributed by atoms with van der Waals surface area (Å²) in [6.07, 6.45) is 0. The Bertz CT molecular complexity index is 504. The van der Waals surface area contributed by atoms with Crippen LogP contribution >= 0.6 is 12.4 Å². The molecule has 0 saturated heterocycles. The number of carbonyl (C=O) groups excluding carboxylic acids is 2. The number of rotatable bonds is 5. The van der Waals surface area contributed by atoms with Gasteiger partial charge in [-0.3, -0.25) is 9.59 Å². The lowest BCUT2D eigenvalue weighted by molar-refractivity contribution is -0.119. The first-order valence-corrected chi connectivity index (χ1v) is 6.64. The Morgan fingerprint density at radius 2 is 1.90 bits per heavy atom. The molecule has 0 aromatic heterocycles. The second kappa shape index (κ2) is 8.64. The summed E-state index contributed by atoms with van der Waals surface area (Å²) >= 11 is 0. The third-order valence-electron chi connectivity index (χ3n) is 3.09. The first-order valence-electron chi connectivity index (χ1n) is 6.64. The molecule has 21 heavy (non-hydrogen) atoms. The Hall–Kier alpha value is -1.59. The highest BCUT2D eigenvalue weighted by Crippen LogP contribution is 2.17. The Balaban J connectivity index is 0.00000400. The van der Waals surface area contributed by atoms with Crippen LogP contribution in [0.15, 0.2) is 18.2 Å². The van der Waals surface area contributed by atoms with Gasteiger partial charge in [-0.1, -0.05) is 6.92 Å². The van der Waals surface area contributed by atoms with Crippen molar-refractivity contribution in [3.8, 4) is 0 Å². The fraction of sp³-hybridized carbons (Fsp3) is 0.467. The molecule has 0 spiro atoms. The van der Waals surface area contributed by atoms with Gasteiger partial charge in [0.1, 0.15) is 0 Å². The largest absolute Gasteiger partial charge is 0.345 e. The second-order valence-electron chi connectivity index (χ2n) is 5.18. The van der Waals surface area contributed by atoms with Crippen LogP contribution in [0.2, 0.25) is 0 Å². The molecule has 1 rings (SSSR count). The molecule has 5 nitrogen and oxygen atoms in total. The van der Waals surface area contributed by atoms with Crippen LogP contribution < -0.4 is 10.6 Å². The number of aryl methyl sites for hydroxylation is 1. The smallest absolute Gasteiger partial charge is 0.253 e. The van der Waals surface area contributed by atoms with Gasteiger partial charge in [0.05, 0.1) is 0 Å². The molecule has 0 saturated carbocycles. The fourth-order valence-electron chi connectivity index (χ4n) is 1.89. The molecule has 0 aliphatic rings. The highest BCUT2D eigenvalue weighted by atomic mass is 35.5. The number of halogens is 1. The van der Waals surface area contributed by atoms with Gasteiger partial charge in [0, 0.05) is 37.8 Å². The van der Waals surface area contributed by atoms with Crippen molar-refractivity contribution < 1.29 is 9.59 Å². The molecule has 0 aliphatic carbocycles. The SMILES string of the molecule is CNCC(C)C(=O)Nc1ccc(C(=O)N(C)C)c(C)c1.Cl. The maximum atomic E-state index is 11.9. The molecular weight excluding hydrogens is 290 g/mol. The minimum absolute atomic E-state index is 0. The molecule has 1 unspecified atom stereocenters. The predicted molar refractivity (Wildman–Crippen MR) is 88.2 cm³/mol. The zero-order chi connectivity index (χ0) is 15.3. The van der Waals surface area contributed by atoms with Crippen molar-refractivity contribution in [2.45, 2.75) is 13.8 Å². The normalized spacial score (nSPS) is 11.3. The molecule has 0 fully saturated rings. The van der Waals surface area contributed by atoms with Gasteiger partial charge in [-0.05, 0) is 37.7 Å². The van der Waals surface area contributed by atoms with Crippen LogP contribution in [0.25, 0.3) is 0 Å². The van der Waals surface area contributed by atoms with Gasteiger partial charge in [0.15, 0.2) is 0 Å². The summed E-state index contributed by atoms with van der Waals surface area (Å²) in [4.78, 5) is 25.4. The summed E-state index contributed by atoms with van der Waals surface area (Å²) in [6.45, 7) is 4.36. The number of nitrogens with zero attached hydrogens (tertiary/aromatic N) is 1. The highest BCUT2D eigenvalue weighted by Gasteiger charge is 2.14. The molecule has 1 aromatic rings. The predicted octanol–water partition coefficient (Wildman–Crippen LogP) is 1.91. The third-order valence-corrected chi connectivity index (χ3v) is 3.09. The number of nitrogens with one attached hydrogen (secondary N) is 2. The Labute approximate surface area is 132 Å². The zero-order valence-electron chi connectivity index (χ0n) is 13.2. The van der Waals surface area contributed by atoms with Crippen molar-refractivity contribution in [2.24, 2.45) is 5.92 Å². The molecule has 0 heterocycles. The van der Waals surface area contributed by atoms with E-state index in [1.807, 2.05) is 27.0 Å². The number of amides is 2. The van der Waals surface area contributed by atoms with Gasteiger partial charge >= 0.3 is 0 Å². The summed E-state index contributed by atoms with van der Waals surface area (Å²) in [7, 11) is 5.25. The minimum atomic E-state index is -0.108. The molecule has 1 aromatic carbocycles. The van der Waals surface area contributed by atoms with E-state index in [4.69, 9.17) is 0 Å². The van der Waals surface area contributed by atoms with Crippen molar-refractivity contribution in [3.63, 3.8) is 0 Å². The first-order chi connectivity index (χ1) is 9.36. The van der Waals surface area contributed by atoms with Crippen molar-refractivity contribution >= 4 is 29.9 Å². The maximum Gasteiger partial charge on any atom is 0.253 e. The first kappa shape index (κ1) is 19.4. The molecule has 0 bridgehead atoms. The Morgan fingerprint density at radius 1 is 1.29 bits per heavy atom. The molecule has 0 aliphatic heterocycles. The van der Waals surface area contributed by atoms with Crippen molar-refractivity contribution in [2.75, 3.05) is 33.0 Å². The van der Waals surface area contributed by atoms with Crippen molar-refractivity contribution in [1.29, 1.82) is 0 Å². The fourth-order valence-corrected chi connectivity index (χ4v) is 1.89. The Kier molecular flexibility index (Phi) is 7.99. The average molecular weight is 314 g/mol. The summed E-state index contributed by atoms with van der Waals surface area (Å²) in [5.74, 6) is -0.183. The summed E-state index contributed by atoms with van der Waals surface area (Å²) in [5, 5.41) is 5.83. The molecule has 118 valence electrons. The molecule has 1 atom stereocenters. The standard InChI is InChI=1S/C15H23N3O2.ClH/c1-10-8-12(17-14(19)11(2)9-16-3)6-7-13(10)15(20)18(4)5;/h6-8,11,16H,9H2,1-5H3,(H,17,19);1H. The summed E-state index contributed by atoms with van der Waals surface area (Å²) in [6, 6.07) is 5.32. The quantitative estimate of drug-likeness (QED) is 0.873. The highest BCUT2D eigenvalue weighted by molar-refractivity contribution is 5.97. The topological polar surface area (TPSA) is 61.4 Å². The van der Waals surface area contributed by atoms with Crippen LogP contribution in [0, 0.1) is 12.8 Å². The van der Waals surface area contributed by atoms with E-state index < -0.39 is 0 Å². The lowest BCUT2D eigenvalue weighted by Crippen LogP contribution is -2.28. The van der Waals surface area contributed by atoms with Crippen LogP contribution in [-0.2, 0) is 4.79 Å². The lowest BCUT2D eigenvalue weighted by Gasteiger charge is -2.15. The lowest BCUT2D eigenvalue weighted by atomic mass is 10.1. The monoisotopic (exact) mass is 313 g/mol. The number of hydrogen-bond acceptors (Lipinski definition) is 3. The van der Waals surface area contributed by atoms with E-state index in [0.717, 1.165) is 5.56 Å². The van der Waals surface area contributed by atoms with E-state index in [-0.39, 0.29) is 30.1 Å². The molecule has 6 heteroatoms. The van der Waals surface area contributed by atoms with Crippen molar-refractivity contribution in [3.05, 3.63) is 29.3 Å². The number of anilines is 1. The van der Waals surface area contributed by atoms with E-state index in [9.17, 15) is 9.59 Å². The maximum absolute atomic E-state index is 11.9. The van der Waals surface area contributed by atoms with Crippen LogP contribution in [0.4, 0.5) is 5.69 Å². The van der Waals surface area contributed by atoms with Gasteiger partial charge in [-0.2, -0.15) is 0 Å². The zero-order valence-corrected chi connectivity index (χ0v) is 14.0. The Morgan fingerprint density at radius 3 is 2.38 bits per heavy atom. The van der Waals surface area contributed by atoms with Gasteiger partial charge in [0.2, 0.25) is 5.91 Å². The van der Waals surface area contributed by atoms with E-state index in [0.29, 0.717) is 17.8 Å². The van der Waals surface area contributed by atoms with Crippen molar-refractivity contribution in [1.82, 2.24) is 10.2 Å². The summed E-state index contributed by atoms with van der Waals surface area (Å²) in [5.41, 5.74) is 2.21. The van der Waals surface area contributed by atoms with E-state index in [1.54, 1.807) is 26.2 Å². The molecule has 2 amide bonds. The minimum Gasteiger partial charge on any atom is -0.345 e. The number of carbonyl (C=O) groups is 2. The second-order valence-corrected chi connectivity index (χ2v) is 5.18. The van der Waals surface area contributed by atoms with Crippen LogP contribution in [-0.4, -0.2) is 44.4 Å². The number of hydrogen-bond donors (Lipinski definition) is 2. The summed E-state index contributed by atoms with van der Waals surface area (Å²) < 4.78 is 0. The van der Waals surface area contributed by atoms with E-state index in [2.05, 4.69) is 10.6 Å². The van der Waals surface area contributed by atoms with Crippen LogP contribution in [0.5, 0.6) is 0 Å². The van der Waals surface area contributed by atoms with Gasteiger partial charge in [-0.15, -0.1) is 12.4 Å². The van der Waals surface area contributed by atoms with Gasteiger partial charge in [-0.25, -0.2) is 0 Å². The van der Waals surface area contributed by atoms with Crippen LogP contribution in [0.1, 0.15) is 22.8 Å². The van der Waals surface area contributed by atoms with Gasteiger partial charge < -0.3 is 15.5 Å². The molecular formula is C15H24ClN3O2. The average Bonchev–Trinajstić information content (AvgIpc) is 2.38. The van der Waals surface area contributed by atoms with Gasteiger partial charge in [0.25, 0.3) is 5.91 Å².